The van der Waals surface area contributed by atoms with Crippen LogP contribution in [0.25, 0.3) is 11.4 Å². The fourth-order valence-corrected chi connectivity index (χ4v) is 4.65. The minimum atomic E-state index is -0.220. The first-order valence-electron chi connectivity index (χ1n) is 10.8. The number of nitrogens with one attached hydrogen (secondary N) is 1. The van der Waals surface area contributed by atoms with Gasteiger partial charge in [-0.25, -0.2) is 4.98 Å². The molecule has 2 aliphatic rings. The third-order valence-electron chi connectivity index (χ3n) is 6.27. The SMILES string of the molecule is Cc1cnc(-c2ccccc2)n1CCNC(=O)C1CC(=O)N(C2CCCCC2)C1. The number of hydrogen-bond acceptors (Lipinski definition) is 3. The summed E-state index contributed by atoms with van der Waals surface area (Å²) in [5, 5.41) is 3.05. The predicted octanol–water partition coefficient (Wildman–Crippen LogP) is 3.16. The molecular formula is C23H30N4O2. The molecule has 1 saturated heterocycles. The van der Waals surface area contributed by atoms with E-state index in [1.165, 1.54) is 19.3 Å². The number of imidazole rings is 1. The Kier molecular flexibility index (Phi) is 5.97. The van der Waals surface area contributed by atoms with E-state index in [1.54, 1.807) is 0 Å². The van der Waals surface area contributed by atoms with Gasteiger partial charge in [-0.15, -0.1) is 0 Å². The summed E-state index contributed by atoms with van der Waals surface area (Å²) in [4.78, 5) is 31.6. The Hall–Kier alpha value is -2.63. The Morgan fingerprint density at radius 3 is 2.69 bits per heavy atom. The molecule has 2 amide bonds. The number of likely N-dealkylation sites (tertiary alicyclic amines) is 1. The smallest absolute Gasteiger partial charge is 0.225 e. The van der Waals surface area contributed by atoms with Gasteiger partial charge in [-0.3, -0.25) is 9.59 Å². The number of hydrogen-bond donors (Lipinski definition) is 1. The fraction of sp³-hybridized carbons (Fsp3) is 0.522. The van der Waals surface area contributed by atoms with Crippen molar-refractivity contribution in [3.63, 3.8) is 0 Å². The summed E-state index contributed by atoms with van der Waals surface area (Å²) in [6, 6.07) is 10.4. The average molecular weight is 395 g/mol. The minimum absolute atomic E-state index is 0.00399. The molecule has 1 aromatic heterocycles. The largest absolute Gasteiger partial charge is 0.354 e. The molecule has 0 radical (unpaired) electrons. The van der Waals surface area contributed by atoms with Crippen molar-refractivity contribution in [2.75, 3.05) is 13.1 Å². The number of benzene rings is 1. The molecule has 2 aromatic rings. The zero-order chi connectivity index (χ0) is 20.2. The van der Waals surface area contributed by atoms with Crippen LogP contribution in [0.5, 0.6) is 0 Å². The number of carbonyl (C=O) groups excluding carboxylic acids is 2. The molecule has 2 fully saturated rings. The summed E-state index contributed by atoms with van der Waals surface area (Å²) in [5.74, 6) is 0.836. The molecule has 6 nitrogen and oxygen atoms in total. The van der Waals surface area contributed by atoms with Crippen molar-refractivity contribution in [2.24, 2.45) is 5.92 Å². The van der Waals surface area contributed by atoms with Crippen molar-refractivity contribution in [1.82, 2.24) is 19.8 Å². The van der Waals surface area contributed by atoms with Crippen molar-refractivity contribution in [1.29, 1.82) is 0 Å². The van der Waals surface area contributed by atoms with Crippen LogP contribution in [-0.2, 0) is 16.1 Å². The highest BCUT2D eigenvalue weighted by Gasteiger charge is 2.37. The van der Waals surface area contributed by atoms with Crippen LogP contribution in [-0.4, -0.2) is 45.4 Å². The van der Waals surface area contributed by atoms with Gasteiger partial charge in [-0.05, 0) is 19.8 Å². The van der Waals surface area contributed by atoms with Crippen LogP contribution >= 0.6 is 0 Å². The Labute approximate surface area is 172 Å². The highest BCUT2D eigenvalue weighted by Crippen LogP contribution is 2.28. The van der Waals surface area contributed by atoms with Gasteiger partial charge >= 0.3 is 0 Å². The quantitative estimate of drug-likeness (QED) is 0.818. The number of amides is 2. The van der Waals surface area contributed by atoms with E-state index < -0.39 is 0 Å². The van der Waals surface area contributed by atoms with Gasteiger partial charge in [0.2, 0.25) is 11.8 Å². The van der Waals surface area contributed by atoms with Gasteiger partial charge in [0.15, 0.2) is 0 Å². The maximum atomic E-state index is 12.7. The zero-order valence-corrected chi connectivity index (χ0v) is 17.1. The lowest BCUT2D eigenvalue weighted by molar-refractivity contribution is -0.130. The minimum Gasteiger partial charge on any atom is -0.354 e. The summed E-state index contributed by atoms with van der Waals surface area (Å²) in [6.45, 7) is 3.80. The first kappa shape index (κ1) is 19.7. The molecular weight excluding hydrogens is 364 g/mol. The van der Waals surface area contributed by atoms with E-state index in [4.69, 9.17) is 0 Å². The molecule has 1 aliphatic carbocycles. The molecule has 1 aliphatic heterocycles. The van der Waals surface area contributed by atoms with Gasteiger partial charge in [0, 0.05) is 49.6 Å². The van der Waals surface area contributed by atoms with Crippen LogP contribution in [0.3, 0.4) is 0 Å². The molecule has 1 unspecified atom stereocenters. The van der Waals surface area contributed by atoms with Crippen LogP contribution in [0.1, 0.15) is 44.2 Å². The number of carbonyl (C=O) groups is 2. The van der Waals surface area contributed by atoms with Gasteiger partial charge < -0.3 is 14.8 Å². The summed E-state index contributed by atoms with van der Waals surface area (Å²) >= 11 is 0. The maximum absolute atomic E-state index is 12.7. The summed E-state index contributed by atoms with van der Waals surface area (Å²) in [5.41, 5.74) is 2.13. The Morgan fingerprint density at radius 2 is 1.93 bits per heavy atom. The molecule has 1 saturated carbocycles. The Balaban J connectivity index is 1.32. The van der Waals surface area contributed by atoms with E-state index in [0.717, 1.165) is 29.9 Å². The molecule has 4 rings (SSSR count). The number of nitrogens with zero attached hydrogens (tertiary/aromatic N) is 3. The van der Waals surface area contributed by atoms with E-state index in [1.807, 2.05) is 48.4 Å². The second-order valence-corrected chi connectivity index (χ2v) is 8.27. The second-order valence-electron chi connectivity index (χ2n) is 8.27. The van der Waals surface area contributed by atoms with Gasteiger partial charge in [-0.1, -0.05) is 49.6 Å². The molecule has 29 heavy (non-hydrogen) atoms. The van der Waals surface area contributed by atoms with Crippen LogP contribution in [0.4, 0.5) is 0 Å². The first-order chi connectivity index (χ1) is 14.1. The third kappa shape index (κ3) is 4.36. The van der Waals surface area contributed by atoms with E-state index in [-0.39, 0.29) is 17.7 Å². The third-order valence-corrected chi connectivity index (χ3v) is 6.27. The van der Waals surface area contributed by atoms with Crippen LogP contribution in [0.15, 0.2) is 36.5 Å². The van der Waals surface area contributed by atoms with Crippen molar-refractivity contribution >= 4 is 11.8 Å². The van der Waals surface area contributed by atoms with Gasteiger partial charge in [0.1, 0.15) is 5.82 Å². The van der Waals surface area contributed by atoms with Crippen molar-refractivity contribution in [2.45, 2.75) is 58.0 Å². The Morgan fingerprint density at radius 1 is 1.17 bits per heavy atom. The first-order valence-corrected chi connectivity index (χ1v) is 10.8. The molecule has 2 heterocycles. The van der Waals surface area contributed by atoms with Gasteiger partial charge in [0.05, 0.1) is 5.92 Å². The zero-order valence-electron chi connectivity index (χ0n) is 17.1. The topological polar surface area (TPSA) is 67.2 Å². The lowest BCUT2D eigenvalue weighted by Crippen LogP contribution is -2.39. The summed E-state index contributed by atoms with van der Waals surface area (Å²) in [7, 11) is 0. The predicted molar refractivity (Wildman–Crippen MR) is 112 cm³/mol. The molecule has 154 valence electrons. The summed E-state index contributed by atoms with van der Waals surface area (Å²) in [6.07, 6.45) is 8.04. The van der Waals surface area contributed by atoms with Crippen LogP contribution < -0.4 is 5.32 Å². The number of aromatic nitrogens is 2. The van der Waals surface area contributed by atoms with Crippen LogP contribution in [0.2, 0.25) is 0 Å². The highest BCUT2D eigenvalue weighted by atomic mass is 16.2. The average Bonchev–Trinajstić information content (AvgIpc) is 3.32. The van der Waals surface area contributed by atoms with Crippen molar-refractivity contribution in [3.05, 3.63) is 42.2 Å². The van der Waals surface area contributed by atoms with Crippen molar-refractivity contribution in [3.8, 4) is 11.4 Å². The molecule has 0 spiro atoms. The van der Waals surface area contributed by atoms with E-state index in [0.29, 0.717) is 32.1 Å². The number of aryl methyl sites for hydroxylation is 1. The fourth-order valence-electron chi connectivity index (χ4n) is 4.65. The molecule has 6 heteroatoms. The Bertz CT molecular complexity index is 855. The van der Waals surface area contributed by atoms with Crippen LogP contribution in [0, 0.1) is 12.8 Å². The molecule has 1 N–H and O–H groups in total. The normalized spacial score (nSPS) is 20.2. The lowest BCUT2D eigenvalue weighted by Gasteiger charge is -2.31. The lowest BCUT2D eigenvalue weighted by atomic mass is 9.94. The highest BCUT2D eigenvalue weighted by molar-refractivity contribution is 5.89. The van der Waals surface area contributed by atoms with Gasteiger partial charge in [0.25, 0.3) is 0 Å². The maximum Gasteiger partial charge on any atom is 0.225 e. The van der Waals surface area contributed by atoms with E-state index in [9.17, 15) is 9.59 Å². The second kappa shape index (κ2) is 8.80. The van der Waals surface area contributed by atoms with E-state index >= 15 is 0 Å². The standard InChI is InChI=1S/C23H30N4O2/c1-17-15-25-22(18-8-4-2-5-9-18)26(17)13-12-24-23(29)19-14-21(28)27(16-19)20-10-6-3-7-11-20/h2,4-5,8-9,15,19-20H,3,6-7,10-14,16H2,1H3,(H,24,29). The monoisotopic (exact) mass is 394 g/mol. The van der Waals surface area contributed by atoms with Gasteiger partial charge in [-0.2, -0.15) is 0 Å². The molecule has 1 aromatic carbocycles. The number of rotatable bonds is 6. The summed E-state index contributed by atoms with van der Waals surface area (Å²) < 4.78 is 2.13. The van der Waals surface area contributed by atoms with Crippen molar-refractivity contribution < 1.29 is 9.59 Å². The van der Waals surface area contributed by atoms with E-state index in [2.05, 4.69) is 14.9 Å². The molecule has 1 atom stereocenters. The molecule has 0 bridgehead atoms.